The van der Waals surface area contributed by atoms with E-state index in [1.165, 1.54) is 63.7 Å². The van der Waals surface area contributed by atoms with E-state index in [4.69, 9.17) is 4.99 Å². The number of anilines is 2. The SMILES string of the molecule is CCS(=O)(=O)N(c1ccc(C2NN(C)C(=NC3(c4ccc(N(S(=O)(=O)CC)S(=O)(=O)CC)cc4)CCCCC3)S2)cc1)S(=O)(=O)CC. The van der Waals surface area contributed by atoms with Gasteiger partial charge in [0.15, 0.2) is 5.17 Å². The second kappa shape index (κ2) is 14.2. The molecule has 2 aromatic rings. The predicted molar refractivity (Wildman–Crippen MR) is 189 cm³/mol. The average molecular weight is 750 g/mol. The first kappa shape index (κ1) is 37.4. The number of nitrogens with zero attached hydrogens (tertiary/aromatic N) is 4. The van der Waals surface area contributed by atoms with Crippen LogP contribution in [0.25, 0.3) is 0 Å². The third kappa shape index (κ3) is 7.77. The second-order valence-electron chi connectivity index (χ2n) is 11.3. The Morgan fingerprint density at radius 1 is 0.702 bits per heavy atom. The van der Waals surface area contributed by atoms with Crippen LogP contribution in [-0.2, 0) is 45.6 Å². The molecule has 1 N–H and O–H groups in total. The first-order valence-corrected chi connectivity index (χ1v) is 22.8. The Bertz CT molecular complexity index is 1820. The maximum absolute atomic E-state index is 12.8. The molecule has 1 aliphatic heterocycles. The van der Waals surface area contributed by atoms with Gasteiger partial charge in [0.2, 0.25) is 40.1 Å². The number of benzene rings is 2. The number of hydrogen-bond donors (Lipinski definition) is 1. The Balaban J connectivity index is 1.65. The van der Waals surface area contributed by atoms with E-state index in [0.717, 1.165) is 43.2 Å². The van der Waals surface area contributed by atoms with Crippen LogP contribution < -0.4 is 12.8 Å². The molecule has 1 atom stereocenters. The van der Waals surface area contributed by atoms with Crippen molar-refractivity contribution in [3.63, 3.8) is 0 Å². The van der Waals surface area contributed by atoms with Crippen molar-refractivity contribution in [1.29, 1.82) is 0 Å². The van der Waals surface area contributed by atoms with Crippen molar-refractivity contribution >= 4 is 68.4 Å². The van der Waals surface area contributed by atoms with Crippen LogP contribution in [-0.4, -0.2) is 73.9 Å². The quantitative estimate of drug-likeness (QED) is 0.313. The topological polar surface area (TPSA) is 171 Å². The van der Waals surface area contributed by atoms with Gasteiger partial charge in [-0.3, -0.25) is 5.01 Å². The van der Waals surface area contributed by atoms with Gasteiger partial charge in [0, 0.05) is 7.05 Å². The van der Waals surface area contributed by atoms with Crippen LogP contribution in [0, 0.1) is 0 Å². The smallest absolute Gasteiger partial charge is 0.247 e. The number of hydrazine groups is 1. The lowest BCUT2D eigenvalue weighted by Gasteiger charge is -2.35. The van der Waals surface area contributed by atoms with E-state index in [1.807, 2.05) is 12.1 Å². The predicted octanol–water partition coefficient (Wildman–Crippen LogP) is 4.10. The minimum Gasteiger partial charge on any atom is -0.289 e. The number of hydrogen-bond acceptors (Lipinski definition) is 11. The number of thioether (sulfide) groups is 1. The molecule has 4 rings (SSSR count). The lowest BCUT2D eigenvalue weighted by molar-refractivity contribution is 0.297. The van der Waals surface area contributed by atoms with Gasteiger partial charge in [0.25, 0.3) is 0 Å². The summed E-state index contributed by atoms with van der Waals surface area (Å²) in [7, 11) is -14.5. The van der Waals surface area contributed by atoms with Crippen LogP contribution in [0.5, 0.6) is 0 Å². The number of amidine groups is 1. The molecular formula is C29H43N5O8S5. The number of sulfonamides is 4. The van der Waals surface area contributed by atoms with Crippen molar-refractivity contribution in [3.8, 4) is 0 Å². The summed E-state index contributed by atoms with van der Waals surface area (Å²) in [5.74, 6) is -1.45. The summed E-state index contributed by atoms with van der Waals surface area (Å²) >= 11 is 1.46. The summed E-state index contributed by atoms with van der Waals surface area (Å²) in [6.45, 7) is 5.60. The molecular weight excluding hydrogens is 707 g/mol. The molecule has 1 saturated carbocycles. The van der Waals surface area contributed by atoms with E-state index < -0.39 is 45.6 Å². The van der Waals surface area contributed by atoms with E-state index in [-0.39, 0.29) is 39.8 Å². The van der Waals surface area contributed by atoms with Crippen molar-refractivity contribution < 1.29 is 33.7 Å². The zero-order valence-corrected chi connectivity index (χ0v) is 31.2. The first-order valence-electron chi connectivity index (χ1n) is 15.5. The zero-order chi connectivity index (χ0) is 34.8. The van der Waals surface area contributed by atoms with Crippen LogP contribution in [0.3, 0.4) is 0 Å². The molecule has 262 valence electrons. The highest BCUT2D eigenvalue weighted by atomic mass is 32.3. The Morgan fingerprint density at radius 3 is 1.51 bits per heavy atom. The van der Waals surface area contributed by atoms with Crippen LogP contribution in [0.1, 0.15) is 76.3 Å². The fraction of sp³-hybridized carbons (Fsp3) is 0.552. The lowest BCUT2D eigenvalue weighted by atomic mass is 9.77. The van der Waals surface area contributed by atoms with Gasteiger partial charge in [-0.15, -0.1) is 0 Å². The molecule has 2 aliphatic rings. The molecule has 1 heterocycles. The van der Waals surface area contributed by atoms with Crippen LogP contribution in [0.2, 0.25) is 0 Å². The highest BCUT2D eigenvalue weighted by molar-refractivity contribution is 8.14. The van der Waals surface area contributed by atoms with Crippen molar-refractivity contribution in [2.75, 3.05) is 37.5 Å². The van der Waals surface area contributed by atoms with E-state index in [0.29, 0.717) is 12.6 Å². The molecule has 2 fully saturated rings. The van der Waals surface area contributed by atoms with Gasteiger partial charge < -0.3 is 0 Å². The molecule has 1 unspecified atom stereocenters. The van der Waals surface area contributed by atoms with E-state index in [9.17, 15) is 33.7 Å². The summed E-state index contributed by atoms with van der Waals surface area (Å²) in [4.78, 5) is 5.26. The fourth-order valence-electron chi connectivity index (χ4n) is 5.59. The Morgan fingerprint density at radius 2 is 1.11 bits per heavy atom. The van der Waals surface area contributed by atoms with Gasteiger partial charge in [-0.25, -0.2) is 44.1 Å². The highest BCUT2D eigenvalue weighted by Crippen LogP contribution is 2.44. The van der Waals surface area contributed by atoms with Crippen molar-refractivity contribution in [3.05, 3.63) is 59.7 Å². The molecule has 1 aliphatic carbocycles. The third-order valence-electron chi connectivity index (χ3n) is 8.30. The fourth-order valence-corrected chi connectivity index (χ4v) is 13.5. The summed E-state index contributed by atoms with van der Waals surface area (Å²) in [6, 6.07) is 12.9. The van der Waals surface area contributed by atoms with Crippen molar-refractivity contribution in [1.82, 2.24) is 10.4 Å². The normalized spacial score (nSPS) is 20.0. The number of aliphatic imine (C=N–C) groups is 1. The van der Waals surface area contributed by atoms with Gasteiger partial charge in [-0.1, -0.05) is 55.3 Å². The first-order chi connectivity index (χ1) is 22.0. The number of rotatable bonds is 13. The highest BCUT2D eigenvalue weighted by Gasteiger charge is 2.39. The summed E-state index contributed by atoms with van der Waals surface area (Å²) in [6.07, 6.45) is 4.42. The molecule has 0 spiro atoms. The van der Waals surface area contributed by atoms with Crippen LogP contribution in [0.15, 0.2) is 53.5 Å². The molecule has 0 amide bonds. The number of nitrogens with one attached hydrogen (secondary N) is 1. The summed E-state index contributed by atoms with van der Waals surface area (Å²) in [5, 5.41) is 2.23. The molecule has 1 saturated heterocycles. The zero-order valence-electron chi connectivity index (χ0n) is 27.2. The minimum absolute atomic E-state index is 0.0457. The molecule has 2 aromatic carbocycles. The van der Waals surface area contributed by atoms with E-state index >= 15 is 0 Å². The maximum Gasteiger partial charge on any atom is 0.247 e. The van der Waals surface area contributed by atoms with Gasteiger partial charge in [0.05, 0.1) is 39.9 Å². The second-order valence-corrected chi connectivity index (χ2v) is 21.3. The largest absolute Gasteiger partial charge is 0.289 e. The Hall–Kier alpha value is -2.38. The third-order valence-corrected chi connectivity index (χ3v) is 18.0. The Kier molecular flexibility index (Phi) is 11.3. The monoisotopic (exact) mass is 749 g/mol. The van der Waals surface area contributed by atoms with Gasteiger partial charge in [0.1, 0.15) is 5.37 Å². The van der Waals surface area contributed by atoms with E-state index in [2.05, 4.69) is 5.43 Å². The van der Waals surface area contributed by atoms with Crippen LogP contribution >= 0.6 is 11.8 Å². The summed E-state index contributed by atoms with van der Waals surface area (Å²) < 4.78 is 103. The summed E-state index contributed by atoms with van der Waals surface area (Å²) in [5.41, 5.74) is 4.49. The average Bonchev–Trinajstić information content (AvgIpc) is 3.41. The van der Waals surface area contributed by atoms with Gasteiger partial charge in [-0.05, 0) is 75.9 Å². The minimum atomic E-state index is -4.08. The molecule has 0 radical (unpaired) electrons. The standard InChI is InChI=1S/C29H43N5O8S5/c1-6-44(35,36)33(45(37,38)7-2)25-17-13-23(14-18-25)27-31-32(5)28(43-27)30-29(21-11-10-12-22-29)24-15-19-26(20-16-24)34(46(39,40)8-3)47(41,42)9-4/h13-20,27,31H,6-12,21-22H2,1-5H3. The molecule has 47 heavy (non-hydrogen) atoms. The molecule has 18 heteroatoms. The van der Waals surface area contributed by atoms with Crippen LogP contribution in [0.4, 0.5) is 11.4 Å². The van der Waals surface area contributed by atoms with Crippen molar-refractivity contribution in [2.45, 2.75) is 70.7 Å². The van der Waals surface area contributed by atoms with Gasteiger partial charge >= 0.3 is 0 Å². The molecule has 13 nitrogen and oxygen atoms in total. The lowest BCUT2D eigenvalue weighted by Crippen LogP contribution is -2.39. The molecule has 0 aromatic heterocycles. The molecule has 0 bridgehead atoms. The van der Waals surface area contributed by atoms with E-state index in [1.54, 1.807) is 24.3 Å². The maximum atomic E-state index is 12.8. The Labute approximate surface area is 284 Å². The van der Waals surface area contributed by atoms with Crippen molar-refractivity contribution in [2.24, 2.45) is 4.99 Å². The van der Waals surface area contributed by atoms with Gasteiger partial charge in [-0.2, -0.15) is 7.42 Å².